The van der Waals surface area contributed by atoms with E-state index in [9.17, 15) is 15.0 Å². The highest BCUT2D eigenvalue weighted by Crippen LogP contribution is 2.30. The van der Waals surface area contributed by atoms with Crippen LogP contribution in [0.1, 0.15) is 11.7 Å². The van der Waals surface area contributed by atoms with Gasteiger partial charge in [0.1, 0.15) is 11.3 Å². The van der Waals surface area contributed by atoms with Crippen LogP contribution < -0.4 is 5.73 Å². The number of aromatic nitrogens is 1. The molecule has 0 fully saturated rings. The lowest BCUT2D eigenvalue weighted by Crippen LogP contribution is -2.34. The largest absolute Gasteiger partial charge is 0.385 e. The number of carbonyl (C=O) groups is 1. The first-order valence-electron chi connectivity index (χ1n) is 3.90. The minimum atomic E-state index is -1.77. The number of primary amides is 1. The summed E-state index contributed by atoms with van der Waals surface area (Å²) in [6, 6.07) is 1.37. The van der Waals surface area contributed by atoms with Crippen LogP contribution in [0.2, 0.25) is 10.2 Å². The van der Waals surface area contributed by atoms with Crippen LogP contribution in [0.25, 0.3) is 0 Å². The Kier molecular flexibility index (Phi) is 3.87. The number of aliphatic hydroxyl groups is 2. The van der Waals surface area contributed by atoms with E-state index < -0.39 is 18.1 Å². The number of nitrogens with zero attached hydrogens (tertiary/aromatic N) is 1. The van der Waals surface area contributed by atoms with Gasteiger partial charge in [0.15, 0.2) is 6.10 Å². The predicted octanol–water partition coefficient (Wildman–Crippen LogP) is 0.268. The molecular weight excluding hydrogens is 243 g/mol. The van der Waals surface area contributed by atoms with Crippen LogP contribution in [-0.2, 0) is 4.79 Å². The average Bonchev–Trinajstić information content (AvgIpc) is 2.15. The monoisotopic (exact) mass is 250 g/mol. The molecule has 82 valence electrons. The fourth-order valence-corrected chi connectivity index (χ4v) is 1.58. The van der Waals surface area contributed by atoms with E-state index in [-0.39, 0.29) is 15.7 Å². The third-order valence-electron chi connectivity index (χ3n) is 1.77. The highest BCUT2D eigenvalue weighted by atomic mass is 35.5. The van der Waals surface area contributed by atoms with E-state index in [1.165, 1.54) is 12.3 Å². The molecule has 15 heavy (non-hydrogen) atoms. The number of pyridine rings is 1. The van der Waals surface area contributed by atoms with Gasteiger partial charge in [-0.1, -0.05) is 23.2 Å². The molecular formula is C8H8Cl2N2O3. The number of nitrogens with two attached hydrogens (primary N) is 1. The van der Waals surface area contributed by atoms with E-state index in [1.54, 1.807) is 0 Å². The minimum Gasteiger partial charge on any atom is -0.385 e. The summed E-state index contributed by atoms with van der Waals surface area (Å²) in [5.74, 6) is -1.07. The van der Waals surface area contributed by atoms with Crippen molar-refractivity contribution < 1.29 is 15.0 Å². The van der Waals surface area contributed by atoms with Crippen LogP contribution in [0.3, 0.4) is 0 Å². The second-order valence-electron chi connectivity index (χ2n) is 2.79. The van der Waals surface area contributed by atoms with Gasteiger partial charge in [0.2, 0.25) is 5.91 Å². The summed E-state index contributed by atoms with van der Waals surface area (Å²) in [5.41, 5.74) is 4.80. The molecule has 1 aromatic heterocycles. The molecule has 0 aliphatic heterocycles. The highest BCUT2D eigenvalue weighted by molar-refractivity contribution is 6.35. The van der Waals surface area contributed by atoms with Crippen molar-refractivity contribution in [1.29, 1.82) is 0 Å². The SMILES string of the molecule is NC(=O)C(O)C(O)c1c(Cl)ccnc1Cl. The molecule has 1 amide bonds. The van der Waals surface area contributed by atoms with Gasteiger partial charge in [-0.2, -0.15) is 0 Å². The molecule has 0 aromatic carbocycles. The molecule has 1 rings (SSSR count). The van der Waals surface area contributed by atoms with Crippen LogP contribution in [0.4, 0.5) is 0 Å². The summed E-state index contributed by atoms with van der Waals surface area (Å²) in [6.45, 7) is 0. The first-order valence-corrected chi connectivity index (χ1v) is 4.66. The van der Waals surface area contributed by atoms with Crippen molar-refractivity contribution in [2.75, 3.05) is 0 Å². The van der Waals surface area contributed by atoms with Gasteiger partial charge in [0, 0.05) is 11.8 Å². The zero-order valence-electron chi connectivity index (χ0n) is 7.39. The third-order valence-corrected chi connectivity index (χ3v) is 2.41. The van der Waals surface area contributed by atoms with Gasteiger partial charge in [-0.15, -0.1) is 0 Å². The van der Waals surface area contributed by atoms with Gasteiger partial charge in [-0.3, -0.25) is 4.79 Å². The molecule has 0 saturated carbocycles. The van der Waals surface area contributed by atoms with Gasteiger partial charge in [-0.25, -0.2) is 4.98 Å². The van der Waals surface area contributed by atoms with Crippen LogP contribution in [0, 0.1) is 0 Å². The first-order chi connectivity index (χ1) is 6.95. The van der Waals surface area contributed by atoms with Crippen molar-refractivity contribution in [1.82, 2.24) is 4.98 Å². The second kappa shape index (κ2) is 4.76. The summed E-state index contributed by atoms with van der Waals surface area (Å²) in [6.07, 6.45) is -2.03. The lowest BCUT2D eigenvalue weighted by Gasteiger charge is -2.16. The van der Waals surface area contributed by atoms with E-state index in [0.717, 1.165) is 0 Å². The molecule has 0 aliphatic carbocycles. The number of amides is 1. The molecule has 4 N–H and O–H groups in total. The lowest BCUT2D eigenvalue weighted by atomic mass is 10.1. The summed E-state index contributed by atoms with van der Waals surface area (Å²) >= 11 is 11.4. The van der Waals surface area contributed by atoms with Gasteiger partial charge in [0.25, 0.3) is 0 Å². The first kappa shape index (κ1) is 12.2. The van der Waals surface area contributed by atoms with Crippen molar-refractivity contribution >= 4 is 29.1 Å². The standard InChI is InChI=1S/C8H8Cl2N2O3/c9-3-1-2-12-7(10)4(3)5(13)6(14)8(11)15/h1-2,5-6,13-14H,(H2,11,15). The van der Waals surface area contributed by atoms with Crippen molar-refractivity contribution in [3.63, 3.8) is 0 Å². The molecule has 0 spiro atoms. The zero-order chi connectivity index (χ0) is 11.6. The normalized spacial score (nSPS) is 14.7. The lowest BCUT2D eigenvalue weighted by molar-refractivity contribution is -0.131. The molecule has 2 unspecified atom stereocenters. The number of hydrogen-bond acceptors (Lipinski definition) is 4. The Morgan fingerprint density at radius 3 is 2.53 bits per heavy atom. The van der Waals surface area contributed by atoms with Gasteiger partial charge >= 0.3 is 0 Å². The predicted molar refractivity (Wildman–Crippen MR) is 54.4 cm³/mol. The number of halogens is 2. The maximum absolute atomic E-state index is 10.6. The van der Waals surface area contributed by atoms with Crippen molar-refractivity contribution in [2.24, 2.45) is 5.73 Å². The Hall–Kier alpha value is -0.880. The molecule has 0 aliphatic rings. The van der Waals surface area contributed by atoms with E-state index >= 15 is 0 Å². The fourth-order valence-electron chi connectivity index (χ4n) is 1.00. The number of hydrogen-bond donors (Lipinski definition) is 3. The minimum absolute atomic E-state index is 0.0212. The van der Waals surface area contributed by atoms with Gasteiger partial charge < -0.3 is 15.9 Å². The van der Waals surface area contributed by atoms with Crippen molar-refractivity contribution in [2.45, 2.75) is 12.2 Å². The maximum Gasteiger partial charge on any atom is 0.249 e. The molecule has 0 bridgehead atoms. The Morgan fingerprint density at radius 2 is 2.07 bits per heavy atom. The quantitative estimate of drug-likeness (QED) is 0.671. The van der Waals surface area contributed by atoms with Crippen LogP contribution in [0.15, 0.2) is 12.3 Å². The Bertz CT molecular complexity index is 366. The average molecular weight is 251 g/mol. The van der Waals surface area contributed by atoms with Crippen LogP contribution >= 0.6 is 23.2 Å². The van der Waals surface area contributed by atoms with Gasteiger partial charge in [-0.05, 0) is 6.07 Å². The van der Waals surface area contributed by atoms with Crippen LogP contribution in [-0.4, -0.2) is 27.2 Å². The highest BCUT2D eigenvalue weighted by Gasteiger charge is 2.27. The fraction of sp³-hybridized carbons (Fsp3) is 0.250. The third kappa shape index (κ3) is 2.57. The summed E-state index contributed by atoms with van der Waals surface area (Å²) in [5, 5.41) is 18.8. The smallest absolute Gasteiger partial charge is 0.249 e. The van der Waals surface area contributed by atoms with E-state index in [2.05, 4.69) is 4.98 Å². The number of rotatable bonds is 3. The molecule has 0 saturated heterocycles. The Labute approximate surface area is 95.4 Å². The van der Waals surface area contributed by atoms with Crippen molar-refractivity contribution in [3.05, 3.63) is 28.0 Å². The van der Waals surface area contributed by atoms with Gasteiger partial charge in [0.05, 0.1) is 5.02 Å². The number of aliphatic hydroxyl groups excluding tert-OH is 2. The molecule has 1 aromatic rings. The number of carbonyl (C=O) groups excluding carboxylic acids is 1. The summed E-state index contributed by atoms with van der Waals surface area (Å²) < 4.78 is 0. The van der Waals surface area contributed by atoms with E-state index in [0.29, 0.717) is 0 Å². The molecule has 5 nitrogen and oxygen atoms in total. The van der Waals surface area contributed by atoms with Crippen LogP contribution in [0.5, 0.6) is 0 Å². The molecule has 7 heteroatoms. The Balaban J connectivity index is 3.10. The second-order valence-corrected chi connectivity index (χ2v) is 3.55. The topological polar surface area (TPSA) is 96.4 Å². The molecule has 2 atom stereocenters. The zero-order valence-corrected chi connectivity index (χ0v) is 8.90. The Morgan fingerprint density at radius 1 is 1.47 bits per heavy atom. The van der Waals surface area contributed by atoms with E-state index in [1.807, 2.05) is 0 Å². The summed E-state index contributed by atoms with van der Waals surface area (Å²) in [4.78, 5) is 14.3. The summed E-state index contributed by atoms with van der Waals surface area (Å²) in [7, 11) is 0. The molecule has 1 heterocycles. The maximum atomic E-state index is 10.6. The molecule has 0 radical (unpaired) electrons. The van der Waals surface area contributed by atoms with Crippen molar-refractivity contribution in [3.8, 4) is 0 Å². The van der Waals surface area contributed by atoms with E-state index in [4.69, 9.17) is 28.9 Å².